The van der Waals surface area contributed by atoms with E-state index in [1.54, 1.807) is 19.2 Å². The molecule has 0 aromatic carbocycles. The van der Waals surface area contributed by atoms with Crippen LogP contribution in [0.4, 0.5) is 0 Å². The van der Waals surface area contributed by atoms with E-state index in [1.807, 2.05) is 12.1 Å². The molecule has 2 aromatic heterocycles. The molecule has 0 bridgehead atoms. The zero-order chi connectivity index (χ0) is 12.4. The number of ether oxygens (including phenoxy) is 3. The van der Waals surface area contributed by atoms with Crippen LogP contribution in [0.25, 0.3) is 11.5 Å². The van der Waals surface area contributed by atoms with Crippen LogP contribution in [0.15, 0.2) is 28.7 Å². The number of hydrogen-bond acceptors (Lipinski definition) is 6. The molecule has 1 saturated heterocycles. The highest BCUT2D eigenvalue weighted by Crippen LogP contribution is 2.28. The first-order chi connectivity index (χ1) is 8.86. The Bertz CT molecular complexity index is 517. The molecule has 0 radical (unpaired) electrons. The summed E-state index contributed by atoms with van der Waals surface area (Å²) in [6.45, 7) is 1.17. The smallest absolute Gasteiger partial charge is 0.233 e. The average molecular weight is 248 g/mol. The van der Waals surface area contributed by atoms with Crippen LogP contribution >= 0.6 is 0 Å². The van der Waals surface area contributed by atoms with E-state index in [2.05, 4.69) is 10.2 Å². The van der Waals surface area contributed by atoms with E-state index in [9.17, 15) is 0 Å². The average Bonchev–Trinajstić information content (AvgIpc) is 3.09. The molecular formula is C12H12N2O4. The molecule has 0 aliphatic carbocycles. The summed E-state index contributed by atoms with van der Waals surface area (Å²) in [4.78, 5) is 0. The standard InChI is InChI=1S/C12H12N2O4/c1-15-11-5-2-8(13-14-11)9-3-4-10(18-9)12-16-6-7-17-12/h2-5,12H,6-7H2,1H3. The van der Waals surface area contributed by atoms with Crippen LogP contribution in [0, 0.1) is 0 Å². The maximum absolute atomic E-state index is 5.63. The van der Waals surface area contributed by atoms with Crippen molar-refractivity contribution in [2.75, 3.05) is 20.3 Å². The fourth-order valence-electron chi connectivity index (χ4n) is 1.70. The quantitative estimate of drug-likeness (QED) is 0.825. The summed E-state index contributed by atoms with van der Waals surface area (Å²) in [5.74, 6) is 1.73. The van der Waals surface area contributed by atoms with Gasteiger partial charge in [-0.3, -0.25) is 0 Å². The third kappa shape index (κ3) is 2.07. The van der Waals surface area contributed by atoms with E-state index in [4.69, 9.17) is 18.6 Å². The van der Waals surface area contributed by atoms with Gasteiger partial charge in [-0.25, -0.2) is 0 Å². The number of hydrogen-bond donors (Lipinski definition) is 0. The molecule has 0 spiro atoms. The Hall–Kier alpha value is -1.92. The maximum atomic E-state index is 5.63. The van der Waals surface area contributed by atoms with Gasteiger partial charge in [-0.1, -0.05) is 0 Å². The Morgan fingerprint density at radius 2 is 1.94 bits per heavy atom. The van der Waals surface area contributed by atoms with Gasteiger partial charge in [0.15, 0.2) is 11.5 Å². The van der Waals surface area contributed by atoms with Crippen LogP contribution in [0.1, 0.15) is 12.1 Å². The topological polar surface area (TPSA) is 66.6 Å². The van der Waals surface area contributed by atoms with Crippen LogP contribution in [0.3, 0.4) is 0 Å². The van der Waals surface area contributed by atoms with Crippen molar-refractivity contribution in [3.63, 3.8) is 0 Å². The predicted molar refractivity (Wildman–Crippen MR) is 60.9 cm³/mol. The first-order valence-corrected chi connectivity index (χ1v) is 5.58. The largest absolute Gasteiger partial charge is 0.480 e. The van der Waals surface area contributed by atoms with Gasteiger partial charge in [0.1, 0.15) is 5.69 Å². The molecule has 1 aliphatic heterocycles. The number of furan rings is 1. The lowest BCUT2D eigenvalue weighted by atomic mass is 10.3. The van der Waals surface area contributed by atoms with Gasteiger partial charge in [-0.05, 0) is 18.2 Å². The molecule has 6 nitrogen and oxygen atoms in total. The Kier molecular flexibility index (Phi) is 2.95. The molecule has 0 N–H and O–H groups in total. The molecule has 1 fully saturated rings. The molecule has 0 unspecified atom stereocenters. The molecule has 18 heavy (non-hydrogen) atoms. The zero-order valence-corrected chi connectivity index (χ0v) is 9.83. The number of methoxy groups -OCH3 is 1. The van der Waals surface area contributed by atoms with Gasteiger partial charge in [0.25, 0.3) is 0 Å². The highest BCUT2D eigenvalue weighted by atomic mass is 16.7. The van der Waals surface area contributed by atoms with Crippen LogP contribution in [-0.4, -0.2) is 30.5 Å². The van der Waals surface area contributed by atoms with Crippen molar-refractivity contribution >= 4 is 0 Å². The molecule has 94 valence electrons. The highest BCUT2D eigenvalue weighted by Gasteiger charge is 2.22. The summed E-state index contributed by atoms with van der Waals surface area (Å²) in [5, 5.41) is 7.89. The summed E-state index contributed by atoms with van der Waals surface area (Å²) in [5.41, 5.74) is 0.639. The van der Waals surface area contributed by atoms with Gasteiger partial charge in [-0.2, -0.15) is 0 Å². The first kappa shape index (κ1) is 11.2. The SMILES string of the molecule is COc1ccc(-c2ccc(C3OCCO3)o2)nn1. The normalized spacial score (nSPS) is 16.1. The maximum Gasteiger partial charge on any atom is 0.233 e. The molecule has 2 aromatic rings. The Balaban J connectivity index is 1.82. The summed E-state index contributed by atoms with van der Waals surface area (Å²) in [6.07, 6.45) is -0.412. The van der Waals surface area contributed by atoms with Crippen LogP contribution in [0.2, 0.25) is 0 Å². The van der Waals surface area contributed by atoms with Gasteiger partial charge in [0, 0.05) is 6.07 Å². The van der Waals surface area contributed by atoms with E-state index in [0.29, 0.717) is 36.3 Å². The molecule has 3 rings (SSSR count). The van der Waals surface area contributed by atoms with Crippen molar-refractivity contribution in [2.24, 2.45) is 0 Å². The molecule has 1 aliphatic rings. The van der Waals surface area contributed by atoms with Crippen LogP contribution in [-0.2, 0) is 9.47 Å². The lowest BCUT2D eigenvalue weighted by Gasteiger charge is -2.04. The Morgan fingerprint density at radius 1 is 1.11 bits per heavy atom. The van der Waals surface area contributed by atoms with Crippen molar-refractivity contribution in [2.45, 2.75) is 6.29 Å². The Labute approximate surface area is 103 Å². The number of rotatable bonds is 3. The monoisotopic (exact) mass is 248 g/mol. The van der Waals surface area contributed by atoms with Gasteiger partial charge in [0.05, 0.1) is 20.3 Å². The molecule has 6 heteroatoms. The fourth-order valence-corrected chi connectivity index (χ4v) is 1.70. The van der Waals surface area contributed by atoms with Crippen molar-refractivity contribution in [3.05, 3.63) is 30.0 Å². The highest BCUT2D eigenvalue weighted by molar-refractivity contribution is 5.51. The van der Waals surface area contributed by atoms with E-state index in [0.717, 1.165) is 0 Å². The third-order valence-electron chi connectivity index (χ3n) is 2.58. The zero-order valence-electron chi connectivity index (χ0n) is 9.83. The minimum atomic E-state index is -0.412. The minimum absolute atomic E-state index is 0.412. The van der Waals surface area contributed by atoms with Gasteiger partial charge < -0.3 is 18.6 Å². The van der Waals surface area contributed by atoms with Gasteiger partial charge >= 0.3 is 0 Å². The van der Waals surface area contributed by atoms with Crippen molar-refractivity contribution in [1.29, 1.82) is 0 Å². The Morgan fingerprint density at radius 3 is 2.61 bits per heavy atom. The molecule has 0 saturated carbocycles. The van der Waals surface area contributed by atoms with E-state index in [1.165, 1.54) is 0 Å². The summed E-state index contributed by atoms with van der Waals surface area (Å²) in [7, 11) is 1.55. The van der Waals surface area contributed by atoms with Crippen molar-refractivity contribution in [3.8, 4) is 17.3 Å². The second-order valence-corrected chi connectivity index (χ2v) is 3.74. The first-order valence-electron chi connectivity index (χ1n) is 5.58. The van der Waals surface area contributed by atoms with E-state index in [-0.39, 0.29) is 0 Å². The summed E-state index contributed by atoms with van der Waals surface area (Å²) < 4.78 is 21.3. The lowest BCUT2D eigenvalue weighted by molar-refractivity contribution is -0.0585. The van der Waals surface area contributed by atoms with Crippen molar-refractivity contribution in [1.82, 2.24) is 10.2 Å². The third-order valence-corrected chi connectivity index (χ3v) is 2.58. The molecule has 0 amide bonds. The second-order valence-electron chi connectivity index (χ2n) is 3.74. The fraction of sp³-hybridized carbons (Fsp3) is 0.333. The summed E-state index contributed by atoms with van der Waals surface area (Å²) in [6, 6.07) is 7.14. The van der Waals surface area contributed by atoms with Crippen LogP contribution < -0.4 is 4.74 Å². The van der Waals surface area contributed by atoms with Gasteiger partial charge in [0.2, 0.25) is 12.2 Å². The molecular weight excluding hydrogens is 236 g/mol. The lowest BCUT2D eigenvalue weighted by Crippen LogP contribution is -1.95. The van der Waals surface area contributed by atoms with Gasteiger partial charge in [-0.15, -0.1) is 10.2 Å². The van der Waals surface area contributed by atoms with E-state index >= 15 is 0 Å². The number of aromatic nitrogens is 2. The van der Waals surface area contributed by atoms with Crippen LogP contribution in [0.5, 0.6) is 5.88 Å². The molecule has 0 atom stereocenters. The minimum Gasteiger partial charge on any atom is -0.480 e. The molecule has 3 heterocycles. The number of nitrogens with zero attached hydrogens (tertiary/aromatic N) is 2. The van der Waals surface area contributed by atoms with E-state index < -0.39 is 6.29 Å². The predicted octanol–water partition coefficient (Wildman–Crippen LogP) is 1.79. The second kappa shape index (κ2) is 4.75. The summed E-state index contributed by atoms with van der Waals surface area (Å²) >= 11 is 0. The van der Waals surface area contributed by atoms with Crippen molar-refractivity contribution < 1.29 is 18.6 Å².